The van der Waals surface area contributed by atoms with Gasteiger partial charge in [0.05, 0.1) is 24.8 Å². The molecule has 0 saturated carbocycles. The Labute approximate surface area is 163 Å². The van der Waals surface area contributed by atoms with Gasteiger partial charge in [-0.05, 0) is 25.1 Å². The number of hydrogen-bond donors (Lipinski definition) is 2. The first kappa shape index (κ1) is 18.5. The molecule has 0 bridgehead atoms. The van der Waals surface area contributed by atoms with Crippen LogP contribution in [0.1, 0.15) is 27.9 Å². The average molecular weight is 380 g/mol. The quantitative estimate of drug-likeness (QED) is 0.687. The number of carbonyl (C=O) groups excluding carboxylic acids is 1. The molecule has 1 atom stereocenters. The average Bonchev–Trinajstić information content (AvgIpc) is 3.41. The second kappa shape index (κ2) is 8.41. The van der Waals surface area contributed by atoms with E-state index in [0.29, 0.717) is 31.1 Å². The predicted octanol–water partition coefficient (Wildman–Crippen LogP) is 2.78. The number of imidazole rings is 1. The number of ether oxygens (including phenoxy) is 1. The molecular formula is C21H24N4O3. The predicted molar refractivity (Wildman–Crippen MR) is 105 cm³/mol. The maximum Gasteiger partial charge on any atom is 0.252 e. The summed E-state index contributed by atoms with van der Waals surface area (Å²) >= 11 is 0. The van der Waals surface area contributed by atoms with Crippen LogP contribution in [0, 0.1) is 6.92 Å². The van der Waals surface area contributed by atoms with Crippen molar-refractivity contribution in [2.75, 3.05) is 32.8 Å². The van der Waals surface area contributed by atoms with Crippen molar-refractivity contribution in [2.45, 2.75) is 13.0 Å². The van der Waals surface area contributed by atoms with Gasteiger partial charge in [-0.1, -0.05) is 18.2 Å². The largest absolute Gasteiger partial charge is 0.465 e. The van der Waals surface area contributed by atoms with Crippen molar-refractivity contribution in [3.63, 3.8) is 0 Å². The minimum absolute atomic E-state index is 0.0303. The van der Waals surface area contributed by atoms with Gasteiger partial charge in [0.25, 0.3) is 5.91 Å². The minimum Gasteiger partial charge on any atom is -0.465 e. The number of nitrogens with one attached hydrogen (secondary N) is 2. The first-order chi connectivity index (χ1) is 13.7. The molecular weight excluding hydrogens is 356 g/mol. The maximum atomic E-state index is 13.0. The van der Waals surface area contributed by atoms with Gasteiger partial charge in [-0.2, -0.15) is 0 Å². The lowest BCUT2D eigenvalue weighted by Gasteiger charge is -2.33. The van der Waals surface area contributed by atoms with E-state index in [9.17, 15) is 4.79 Å². The fourth-order valence-corrected chi connectivity index (χ4v) is 3.52. The number of hydrogen-bond acceptors (Lipinski definition) is 5. The lowest BCUT2D eigenvalue weighted by Crippen LogP contribution is -2.43. The number of rotatable bonds is 6. The summed E-state index contributed by atoms with van der Waals surface area (Å²) in [4.78, 5) is 22.6. The number of aryl methyl sites for hydroxylation is 1. The first-order valence-electron chi connectivity index (χ1n) is 9.47. The molecule has 0 radical (unpaired) electrons. The molecule has 4 rings (SSSR count). The van der Waals surface area contributed by atoms with Crippen molar-refractivity contribution < 1.29 is 13.9 Å². The van der Waals surface area contributed by atoms with E-state index in [0.717, 1.165) is 30.2 Å². The van der Waals surface area contributed by atoms with Crippen molar-refractivity contribution >= 4 is 5.91 Å². The molecule has 3 heterocycles. The summed E-state index contributed by atoms with van der Waals surface area (Å²) in [5, 5.41) is 3.08. The number of morpholine rings is 1. The van der Waals surface area contributed by atoms with Crippen LogP contribution in [0.5, 0.6) is 0 Å². The van der Waals surface area contributed by atoms with Crippen molar-refractivity contribution in [3.8, 4) is 11.4 Å². The van der Waals surface area contributed by atoms with Gasteiger partial charge in [-0.15, -0.1) is 0 Å². The highest BCUT2D eigenvalue weighted by atomic mass is 16.5. The third kappa shape index (κ3) is 4.00. The summed E-state index contributed by atoms with van der Waals surface area (Å²) in [5.74, 6) is 2.27. The molecule has 7 nitrogen and oxygen atoms in total. The van der Waals surface area contributed by atoms with E-state index >= 15 is 0 Å². The van der Waals surface area contributed by atoms with E-state index in [2.05, 4.69) is 20.2 Å². The molecule has 1 aromatic carbocycles. The third-order valence-corrected chi connectivity index (χ3v) is 4.96. The molecule has 3 aromatic rings. The van der Waals surface area contributed by atoms with Crippen LogP contribution < -0.4 is 5.32 Å². The number of aromatic nitrogens is 2. The highest BCUT2D eigenvalue weighted by Crippen LogP contribution is 2.24. The molecule has 0 spiro atoms. The molecule has 2 N–H and O–H groups in total. The van der Waals surface area contributed by atoms with Crippen molar-refractivity contribution in [2.24, 2.45) is 0 Å². The van der Waals surface area contributed by atoms with Crippen LogP contribution in [0.3, 0.4) is 0 Å². The van der Waals surface area contributed by atoms with E-state index < -0.39 is 0 Å². The summed E-state index contributed by atoms with van der Waals surface area (Å²) < 4.78 is 11.3. The molecule has 7 heteroatoms. The van der Waals surface area contributed by atoms with Crippen molar-refractivity contribution in [3.05, 3.63) is 65.9 Å². The zero-order chi connectivity index (χ0) is 19.3. The first-order valence-corrected chi connectivity index (χ1v) is 9.47. The number of furan rings is 1. The monoisotopic (exact) mass is 380 g/mol. The van der Waals surface area contributed by atoms with E-state index in [1.165, 1.54) is 0 Å². The van der Waals surface area contributed by atoms with Gasteiger partial charge in [-0.25, -0.2) is 4.98 Å². The second-order valence-corrected chi connectivity index (χ2v) is 6.81. The van der Waals surface area contributed by atoms with Crippen LogP contribution in [0.15, 0.2) is 53.2 Å². The summed E-state index contributed by atoms with van der Waals surface area (Å²) in [5.41, 5.74) is 1.37. The van der Waals surface area contributed by atoms with Crippen LogP contribution in [0.25, 0.3) is 11.4 Å². The van der Waals surface area contributed by atoms with Crippen molar-refractivity contribution in [1.29, 1.82) is 0 Å². The Morgan fingerprint density at radius 2 is 2.07 bits per heavy atom. The van der Waals surface area contributed by atoms with Crippen LogP contribution in [-0.2, 0) is 4.74 Å². The van der Waals surface area contributed by atoms with E-state index in [1.807, 2.05) is 43.3 Å². The fourth-order valence-electron chi connectivity index (χ4n) is 3.52. The van der Waals surface area contributed by atoms with Gasteiger partial charge in [0.1, 0.15) is 17.3 Å². The number of nitrogens with zero attached hydrogens (tertiary/aromatic N) is 2. The van der Waals surface area contributed by atoms with Gasteiger partial charge in [0, 0.05) is 37.6 Å². The van der Waals surface area contributed by atoms with Gasteiger partial charge in [0.15, 0.2) is 0 Å². The normalized spacial score (nSPS) is 16.0. The molecule has 1 amide bonds. The van der Waals surface area contributed by atoms with Gasteiger partial charge >= 0.3 is 0 Å². The number of aromatic amines is 1. The molecule has 0 aliphatic carbocycles. The topological polar surface area (TPSA) is 83.4 Å². The summed E-state index contributed by atoms with van der Waals surface area (Å²) in [6, 6.07) is 11.4. The zero-order valence-corrected chi connectivity index (χ0v) is 15.9. The van der Waals surface area contributed by atoms with Crippen LogP contribution in [-0.4, -0.2) is 53.6 Å². The van der Waals surface area contributed by atoms with E-state index in [4.69, 9.17) is 9.15 Å². The molecule has 0 unspecified atom stereocenters. The minimum atomic E-state index is -0.131. The van der Waals surface area contributed by atoms with Gasteiger partial charge in [-0.3, -0.25) is 9.69 Å². The zero-order valence-electron chi connectivity index (χ0n) is 15.9. The lowest BCUT2D eigenvalue weighted by atomic mass is 10.1. The molecule has 1 aliphatic heterocycles. The molecule has 1 saturated heterocycles. The van der Waals surface area contributed by atoms with Crippen LogP contribution in [0.4, 0.5) is 0 Å². The van der Waals surface area contributed by atoms with E-state index in [-0.39, 0.29) is 11.9 Å². The number of H-pyrrole nitrogens is 1. The Kier molecular flexibility index (Phi) is 5.55. The Hall–Kier alpha value is -2.90. The highest BCUT2D eigenvalue weighted by molar-refractivity contribution is 6.00. The van der Waals surface area contributed by atoms with Crippen LogP contribution in [0.2, 0.25) is 0 Å². The Bertz CT molecular complexity index is 913. The molecule has 146 valence electrons. The summed E-state index contributed by atoms with van der Waals surface area (Å²) in [6.45, 7) is 5.37. The molecule has 1 fully saturated rings. The smallest absolute Gasteiger partial charge is 0.252 e. The van der Waals surface area contributed by atoms with Gasteiger partial charge in [0.2, 0.25) is 0 Å². The Balaban J connectivity index is 1.52. The fraction of sp³-hybridized carbons (Fsp3) is 0.333. The highest BCUT2D eigenvalue weighted by Gasteiger charge is 2.26. The summed E-state index contributed by atoms with van der Waals surface area (Å²) in [6.07, 6.45) is 3.43. The number of carbonyl (C=O) groups is 1. The lowest BCUT2D eigenvalue weighted by molar-refractivity contribution is 0.0117. The maximum absolute atomic E-state index is 13.0. The summed E-state index contributed by atoms with van der Waals surface area (Å²) in [7, 11) is 0. The Morgan fingerprint density at radius 3 is 2.79 bits per heavy atom. The van der Waals surface area contributed by atoms with Crippen molar-refractivity contribution in [1.82, 2.24) is 20.2 Å². The molecule has 28 heavy (non-hydrogen) atoms. The number of benzene rings is 1. The van der Waals surface area contributed by atoms with E-state index in [1.54, 1.807) is 12.4 Å². The standard InChI is InChI=1S/C21H24N4O3/c1-15-6-7-19(28-15)18(25-10-12-27-13-11-25)14-24-21(26)17-5-3-2-4-16(17)20-22-8-9-23-20/h2-9,18H,10-14H2,1H3,(H,22,23)(H,24,26)/t18-/m0/s1. The Morgan fingerprint density at radius 1 is 1.25 bits per heavy atom. The van der Waals surface area contributed by atoms with Gasteiger partial charge < -0.3 is 19.5 Å². The second-order valence-electron chi connectivity index (χ2n) is 6.81. The third-order valence-electron chi connectivity index (χ3n) is 4.96. The SMILES string of the molecule is Cc1ccc([C@H](CNC(=O)c2ccccc2-c2ncc[nH]2)N2CCOCC2)o1. The number of amides is 1. The van der Waals surface area contributed by atoms with Crippen LogP contribution >= 0.6 is 0 Å². The molecule has 2 aromatic heterocycles. The molecule has 1 aliphatic rings.